The van der Waals surface area contributed by atoms with Crippen molar-refractivity contribution in [2.24, 2.45) is 0 Å². The van der Waals surface area contributed by atoms with Crippen LogP contribution < -0.4 is 0 Å². The van der Waals surface area contributed by atoms with Crippen molar-refractivity contribution in [3.05, 3.63) is 12.7 Å². The fraction of sp³-hybridized carbons (Fsp3) is 0.905. The molecule has 2 saturated heterocycles. The first-order valence-corrected chi connectivity index (χ1v) is 24.5. The fourth-order valence-electron chi connectivity index (χ4n) is 8.50. The minimum Gasteiger partial charge on any atom is -0.462 e. The maximum atomic E-state index is 12.3. The Kier molecular flexibility index (Phi) is 26.2. The van der Waals surface area contributed by atoms with Gasteiger partial charge in [-0.05, 0) is 79.2 Å². The van der Waals surface area contributed by atoms with Crippen molar-refractivity contribution in [1.82, 2.24) is 10.1 Å². The van der Waals surface area contributed by atoms with E-state index in [0.29, 0.717) is 25.2 Å². The van der Waals surface area contributed by atoms with E-state index in [1.165, 1.54) is 51.0 Å². The molecule has 56 heavy (non-hydrogen) atoms. The Bertz CT molecular complexity index is 1170. The Morgan fingerprint density at radius 3 is 1.45 bits per heavy atom. The number of carbonyl (C=O) groups excluding carboxylic acids is 2. The van der Waals surface area contributed by atoms with Crippen LogP contribution in [0.25, 0.3) is 0 Å². The second-order valence-corrected chi connectivity index (χ2v) is 21.8. The van der Waals surface area contributed by atoms with Crippen molar-refractivity contribution in [3.8, 4) is 0 Å². The van der Waals surface area contributed by atoms with Gasteiger partial charge in [-0.3, -0.25) is 9.36 Å². The van der Waals surface area contributed by atoms with Crippen LogP contribution in [0.3, 0.4) is 0 Å². The summed E-state index contributed by atoms with van der Waals surface area (Å²) in [5, 5.41) is 3.95. The molecule has 2 unspecified atom stereocenters. The second kappa shape index (κ2) is 26.8. The molecule has 12 nitrogen and oxygen atoms in total. The largest absolute Gasteiger partial charge is 0.505 e. The van der Waals surface area contributed by atoms with Crippen LogP contribution in [-0.2, 0) is 37.9 Å². The number of rotatable bonds is 22. The first kappa shape index (κ1) is 54.8. The highest BCUT2D eigenvalue weighted by molar-refractivity contribution is 7.58. The zero-order valence-corrected chi connectivity index (χ0v) is 39.3. The third kappa shape index (κ3) is 22.2. The van der Waals surface area contributed by atoms with Crippen LogP contribution in [0.5, 0.6) is 0 Å². The number of nitrogens with zero attached hydrogens (tertiary/aromatic N) is 2. The molecule has 0 aromatic rings. The van der Waals surface area contributed by atoms with Gasteiger partial charge in [0.05, 0.1) is 20.6 Å². The third-order valence-corrected chi connectivity index (χ3v) is 13.1. The molecule has 0 bridgehead atoms. The smallest absolute Gasteiger partial charge is 0.462 e. The summed E-state index contributed by atoms with van der Waals surface area (Å²) in [6.07, 6.45) is 18.1. The average molecular weight is 838 g/mol. The average Bonchev–Trinajstić information content (AvgIpc) is 3.05. The van der Waals surface area contributed by atoms with Gasteiger partial charge in [0, 0.05) is 66.2 Å². The summed E-state index contributed by atoms with van der Waals surface area (Å²) in [6, 6.07) is 0. The number of carbonyl (C=O) groups is 2. The molecule has 0 radical (unpaired) electrons. The van der Waals surface area contributed by atoms with Crippen molar-refractivity contribution >= 4 is 27.3 Å². The van der Waals surface area contributed by atoms with E-state index in [0.717, 1.165) is 44.9 Å². The van der Waals surface area contributed by atoms with E-state index in [-0.39, 0.29) is 58.9 Å². The Labute approximate surface area is 342 Å². The first-order valence-electron chi connectivity index (χ1n) is 21.1. The summed E-state index contributed by atoms with van der Waals surface area (Å²) in [7, 11) is -1.78. The molecule has 330 valence electrons. The minimum absolute atomic E-state index is 0.00889. The van der Waals surface area contributed by atoms with Crippen LogP contribution in [0.2, 0.25) is 0 Å². The third-order valence-electron chi connectivity index (χ3n) is 10.5. The van der Waals surface area contributed by atoms with E-state index in [2.05, 4.69) is 75.8 Å². The Morgan fingerprint density at radius 2 is 1.07 bits per heavy atom. The van der Waals surface area contributed by atoms with E-state index in [1.807, 2.05) is 10.1 Å². The van der Waals surface area contributed by atoms with Crippen LogP contribution in [0.4, 0.5) is 0 Å². The van der Waals surface area contributed by atoms with Gasteiger partial charge in [-0.15, -0.1) is 0 Å². The molecule has 0 aromatic carbocycles. The van der Waals surface area contributed by atoms with Crippen LogP contribution >= 0.6 is 15.4 Å². The molecule has 2 heterocycles. The lowest BCUT2D eigenvalue weighted by Gasteiger charge is -2.52. The number of hydrogen-bond donors (Lipinski definition) is 2. The van der Waals surface area contributed by atoms with E-state index < -0.39 is 15.4 Å². The Balaban J connectivity index is 0.000000912. The zero-order chi connectivity index (χ0) is 43.2. The molecule has 2 aliphatic heterocycles. The van der Waals surface area contributed by atoms with Gasteiger partial charge < -0.3 is 24.0 Å². The van der Waals surface area contributed by atoms with Gasteiger partial charge in [0.15, 0.2) is 6.16 Å². The van der Waals surface area contributed by atoms with E-state index in [1.54, 1.807) is 14.2 Å². The second-order valence-electron chi connectivity index (χ2n) is 18.0. The van der Waals surface area contributed by atoms with Gasteiger partial charge in [-0.2, -0.15) is 15.0 Å². The summed E-state index contributed by atoms with van der Waals surface area (Å²) in [4.78, 5) is 53.2. The Morgan fingerprint density at radius 1 is 0.696 bits per heavy atom. The highest BCUT2D eigenvalue weighted by atomic mass is 31.2. The predicted molar refractivity (Wildman–Crippen MR) is 228 cm³/mol. The lowest BCUT2D eigenvalue weighted by atomic mass is 9.80. The number of hydrogen-bond acceptors (Lipinski definition) is 10. The lowest BCUT2D eigenvalue weighted by molar-refractivity contribution is -0.278. The van der Waals surface area contributed by atoms with Crippen molar-refractivity contribution in [3.63, 3.8) is 0 Å². The molecule has 2 atom stereocenters. The van der Waals surface area contributed by atoms with Crippen molar-refractivity contribution < 1.29 is 47.7 Å². The van der Waals surface area contributed by atoms with Crippen LogP contribution in [0, 0.1) is 0 Å². The number of hydroxylamine groups is 4. The van der Waals surface area contributed by atoms with Crippen molar-refractivity contribution in [1.29, 1.82) is 0 Å². The van der Waals surface area contributed by atoms with Gasteiger partial charge in [0.25, 0.3) is 0 Å². The standard InChI is InChI=1S/C21H42NO5P.C13H23NO3.C8H17O2P/c1-7-8-9-10-11-12-14-28(24,25)15-13-19(23)27-18-16-20(2,3)22(26-6)21(4,5)17-18;1-7-11(15)17-10-8-12(2,3)14(16-6)13(4,5)9-10;1-2-3-4-5-6-7-8-11(9)10/h18H,7-17H2,1-6H3,(H,24,25);7,10H,1,8-9H2,2-6H3;2-8H2,1H3/p+1. The molecule has 0 spiro atoms. The van der Waals surface area contributed by atoms with Gasteiger partial charge in [-0.1, -0.05) is 78.2 Å². The molecule has 0 amide bonds. The van der Waals surface area contributed by atoms with Crippen LogP contribution in [0.15, 0.2) is 12.7 Å². The minimum atomic E-state index is -3.25. The molecule has 2 aliphatic rings. The Hall–Kier alpha value is -1.23. The van der Waals surface area contributed by atoms with E-state index in [9.17, 15) is 23.6 Å². The van der Waals surface area contributed by atoms with E-state index >= 15 is 0 Å². The van der Waals surface area contributed by atoms with Crippen molar-refractivity contribution in [2.45, 2.75) is 213 Å². The molecule has 2 N–H and O–H groups in total. The summed E-state index contributed by atoms with van der Waals surface area (Å²) in [5.41, 5.74) is -0.845. The highest BCUT2D eigenvalue weighted by Crippen LogP contribution is 2.43. The fourth-order valence-corrected chi connectivity index (χ4v) is 10.5. The maximum absolute atomic E-state index is 12.3. The predicted octanol–water partition coefficient (Wildman–Crippen LogP) is 10.5. The summed E-state index contributed by atoms with van der Waals surface area (Å²) in [5.74, 6) is -0.729. The number of unbranched alkanes of at least 4 members (excludes halogenated alkanes) is 10. The summed E-state index contributed by atoms with van der Waals surface area (Å²) in [6.45, 7) is 24.4. The normalized spacial score (nSPS) is 20.6. The molecular formula is C42H83N2O10P2+. The summed E-state index contributed by atoms with van der Waals surface area (Å²) >= 11 is 0. The van der Waals surface area contributed by atoms with Crippen LogP contribution in [0.1, 0.15) is 178 Å². The molecule has 2 fully saturated rings. The number of piperidine rings is 2. The van der Waals surface area contributed by atoms with Gasteiger partial charge in [0.1, 0.15) is 12.2 Å². The lowest BCUT2D eigenvalue weighted by Crippen LogP contribution is -2.61. The zero-order valence-electron chi connectivity index (χ0n) is 37.5. The molecule has 2 rings (SSSR count). The molecule has 0 aliphatic carbocycles. The molecule has 0 aromatic heterocycles. The maximum Gasteiger partial charge on any atom is 0.505 e. The molecule has 0 saturated carbocycles. The SMILES string of the molecule is C=CC(=O)OC1CC(C)(C)N(OC)C(C)(C)C1.CCCCCCCCP(=O)(O)CCC(=O)OC1CC(C)(C)N(OC)C(C)(C)C1.CCCCCCCC[P+](=O)O. The van der Waals surface area contributed by atoms with Crippen molar-refractivity contribution in [2.75, 3.05) is 32.7 Å². The number of esters is 2. The van der Waals surface area contributed by atoms with Gasteiger partial charge in [-0.25, -0.2) is 4.79 Å². The molecular weight excluding hydrogens is 754 g/mol. The van der Waals surface area contributed by atoms with E-state index in [4.69, 9.17) is 24.0 Å². The summed E-state index contributed by atoms with van der Waals surface area (Å²) < 4.78 is 33.6. The highest BCUT2D eigenvalue weighted by Gasteiger charge is 2.48. The van der Waals surface area contributed by atoms with Gasteiger partial charge >= 0.3 is 20.0 Å². The van der Waals surface area contributed by atoms with Gasteiger partial charge in [0.2, 0.25) is 7.37 Å². The quantitative estimate of drug-likeness (QED) is 0.0462. The first-order chi connectivity index (χ1) is 25.9. The topological polar surface area (TPSA) is 152 Å². The van der Waals surface area contributed by atoms with Crippen LogP contribution in [-0.4, -0.2) is 98.9 Å². The number of ether oxygens (including phenoxy) is 2. The monoisotopic (exact) mass is 838 g/mol. The molecule has 14 heteroatoms.